The number of para-hydroxylation sites is 2. The topological polar surface area (TPSA) is 55.2 Å². The van der Waals surface area contributed by atoms with Crippen LogP contribution in [0.5, 0.6) is 0 Å². The van der Waals surface area contributed by atoms with E-state index in [4.69, 9.17) is 4.98 Å². The van der Waals surface area contributed by atoms with Crippen LogP contribution in [0.15, 0.2) is 83.7 Å². The molecular formula is C26H21N3O2. The van der Waals surface area contributed by atoms with Crippen molar-refractivity contribution in [1.82, 2.24) is 9.55 Å². The van der Waals surface area contributed by atoms with E-state index in [-0.39, 0.29) is 11.5 Å². The molecule has 1 aliphatic rings. The molecule has 1 amide bonds. The minimum absolute atomic E-state index is 0.0719. The van der Waals surface area contributed by atoms with Crippen LogP contribution in [0.4, 0.5) is 5.69 Å². The third-order valence-electron chi connectivity index (χ3n) is 5.62. The van der Waals surface area contributed by atoms with Gasteiger partial charge in [0, 0.05) is 12.1 Å². The number of hydrogen-bond acceptors (Lipinski definition) is 3. The Kier molecular flexibility index (Phi) is 4.71. The number of carbonyl (C=O) groups excluding carboxylic acids is 1. The van der Waals surface area contributed by atoms with Gasteiger partial charge in [0.15, 0.2) is 0 Å². The van der Waals surface area contributed by atoms with Crippen molar-refractivity contribution >= 4 is 34.1 Å². The molecule has 0 spiro atoms. The Morgan fingerprint density at radius 1 is 0.871 bits per heavy atom. The molecule has 0 unspecified atom stereocenters. The highest BCUT2D eigenvalue weighted by molar-refractivity contribution is 6.35. The lowest BCUT2D eigenvalue weighted by Crippen LogP contribution is -2.26. The first kappa shape index (κ1) is 19.0. The predicted octanol–water partition coefficient (Wildman–Crippen LogP) is 4.35. The van der Waals surface area contributed by atoms with Crippen molar-refractivity contribution in [2.45, 2.75) is 13.5 Å². The van der Waals surface area contributed by atoms with Crippen LogP contribution < -0.4 is 10.5 Å². The number of nitrogens with zero attached hydrogens (tertiary/aromatic N) is 3. The van der Waals surface area contributed by atoms with Gasteiger partial charge in [0.2, 0.25) is 0 Å². The first-order chi connectivity index (χ1) is 15.2. The van der Waals surface area contributed by atoms with E-state index in [1.807, 2.05) is 79.7 Å². The number of anilines is 1. The number of carbonyl (C=O) groups is 1. The minimum atomic E-state index is -0.118. The maximum atomic E-state index is 13.4. The maximum absolute atomic E-state index is 13.4. The summed E-state index contributed by atoms with van der Waals surface area (Å²) >= 11 is 0. The molecule has 0 radical (unpaired) electrons. The normalized spacial score (nSPS) is 14.4. The molecule has 5 nitrogen and oxygen atoms in total. The van der Waals surface area contributed by atoms with Crippen molar-refractivity contribution in [2.75, 3.05) is 11.4 Å². The first-order valence-corrected chi connectivity index (χ1v) is 10.3. The molecule has 31 heavy (non-hydrogen) atoms. The lowest BCUT2D eigenvalue weighted by atomic mass is 10.1. The second kappa shape index (κ2) is 7.69. The molecule has 0 bridgehead atoms. The highest BCUT2D eigenvalue weighted by Crippen LogP contribution is 2.37. The van der Waals surface area contributed by atoms with Crippen LogP contribution >= 0.6 is 0 Å². The molecule has 5 heteroatoms. The first-order valence-electron chi connectivity index (χ1n) is 10.3. The van der Waals surface area contributed by atoms with Gasteiger partial charge in [-0.3, -0.25) is 14.2 Å². The SMILES string of the molecule is CCN1C(=O)/C(=C/c2nc3ccccc3c(=O)n2Cc2ccccc2)c2ccccc21. The molecule has 4 aromatic rings. The van der Waals surface area contributed by atoms with Gasteiger partial charge in [0.05, 0.1) is 28.7 Å². The highest BCUT2D eigenvalue weighted by atomic mass is 16.2. The van der Waals surface area contributed by atoms with Gasteiger partial charge in [-0.25, -0.2) is 4.98 Å². The van der Waals surface area contributed by atoms with Crippen LogP contribution in [-0.4, -0.2) is 22.0 Å². The van der Waals surface area contributed by atoms with E-state index in [1.165, 1.54) is 0 Å². The number of amides is 1. The van der Waals surface area contributed by atoms with Crippen molar-refractivity contribution in [3.05, 3.63) is 106 Å². The molecule has 0 aliphatic carbocycles. The van der Waals surface area contributed by atoms with E-state index in [1.54, 1.807) is 21.6 Å². The van der Waals surface area contributed by atoms with Crippen molar-refractivity contribution in [3.8, 4) is 0 Å². The van der Waals surface area contributed by atoms with Crippen molar-refractivity contribution < 1.29 is 4.79 Å². The van der Waals surface area contributed by atoms with Crippen LogP contribution in [0.3, 0.4) is 0 Å². The predicted molar refractivity (Wildman–Crippen MR) is 124 cm³/mol. The Morgan fingerprint density at radius 2 is 1.58 bits per heavy atom. The fraction of sp³-hybridized carbons (Fsp3) is 0.115. The third kappa shape index (κ3) is 3.24. The lowest BCUT2D eigenvalue weighted by Gasteiger charge is -2.14. The smallest absolute Gasteiger partial charge is 0.261 e. The number of benzene rings is 3. The van der Waals surface area contributed by atoms with Crippen molar-refractivity contribution in [1.29, 1.82) is 0 Å². The van der Waals surface area contributed by atoms with E-state index >= 15 is 0 Å². The molecular weight excluding hydrogens is 386 g/mol. The quantitative estimate of drug-likeness (QED) is 0.473. The Bertz CT molecular complexity index is 1390. The fourth-order valence-electron chi connectivity index (χ4n) is 4.10. The van der Waals surface area contributed by atoms with Crippen LogP contribution in [0, 0.1) is 0 Å². The van der Waals surface area contributed by atoms with E-state index in [2.05, 4.69) is 0 Å². The van der Waals surface area contributed by atoms with Crippen LogP contribution in [0.2, 0.25) is 0 Å². The molecule has 0 atom stereocenters. The number of aromatic nitrogens is 2. The number of fused-ring (bicyclic) bond motifs is 2. The van der Waals surface area contributed by atoms with Gasteiger partial charge in [-0.2, -0.15) is 0 Å². The average Bonchev–Trinajstić information content (AvgIpc) is 3.08. The molecule has 0 saturated heterocycles. The van der Waals surface area contributed by atoms with Gasteiger partial charge >= 0.3 is 0 Å². The summed E-state index contributed by atoms with van der Waals surface area (Å²) in [7, 11) is 0. The van der Waals surface area contributed by atoms with Gasteiger partial charge < -0.3 is 4.90 Å². The monoisotopic (exact) mass is 407 g/mol. The average molecular weight is 407 g/mol. The van der Waals surface area contributed by atoms with E-state index in [0.717, 1.165) is 16.8 Å². The zero-order chi connectivity index (χ0) is 21.4. The second-order valence-electron chi connectivity index (χ2n) is 7.49. The zero-order valence-electron chi connectivity index (χ0n) is 17.2. The fourth-order valence-corrected chi connectivity index (χ4v) is 4.10. The Hall–Kier alpha value is -3.99. The molecule has 5 rings (SSSR count). The van der Waals surface area contributed by atoms with E-state index in [0.29, 0.717) is 35.4 Å². The minimum Gasteiger partial charge on any atom is -0.308 e. The van der Waals surface area contributed by atoms with Gasteiger partial charge in [-0.05, 0) is 36.8 Å². The summed E-state index contributed by atoms with van der Waals surface area (Å²) in [6.07, 6.45) is 1.76. The Labute approximate surface area is 179 Å². The molecule has 0 N–H and O–H groups in total. The van der Waals surface area contributed by atoms with Crippen molar-refractivity contribution in [3.63, 3.8) is 0 Å². The van der Waals surface area contributed by atoms with Crippen LogP contribution in [0.1, 0.15) is 23.9 Å². The largest absolute Gasteiger partial charge is 0.308 e. The summed E-state index contributed by atoms with van der Waals surface area (Å²) in [6, 6.07) is 24.9. The van der Waals surface area contributed by atoms with E-state index in [9.17, 15) is 9.59 Å². The maximum Gasteiger partial charge on any atom is 0.261 e. The summed E-state index contributed by atoms with van der Waals surface area (Å²) < 4.78 is 1.65. The number of rotatable bonds is 4. The van der Waals surface area contributed by atoms with Gasteiger partial charge in [0.25, 0.3) is 11.5 Å². The molecule has 1 aliphatic heterocycles. The summed E-state index contributed by atoms with van der Waals surface area (Å²) in [6.45, 7) is 2.91. The molecule has 0 saturated carbocycles. The number of hydrogen-bond donors (Lipinski definition) is 0. The zero-order valence-corrected chi connectivity index (χ0v) is 17.2. The molecule has 1 aromatic heterocycles. The second-order valence-corrected chi connectivity index (χ2v) is 7.49. The lowest BCUT2D eigenvalue weighted by molar-refractivity contribution is -0.112. The Morgan fingerprint density at radius 3 is 2.39 bits per heavy atom. The van der Waals surface area contributed by atoms with E-state index < -0.39 is 0 Å². The van der Waals surface area contributed by atoms with Crippen LogP contribution in [-0.2, 0) is 11.3 Å². The molecule has 152 valence electrons. The van der Waals surface area contributed by atoms with Gasteiger partial charge in [0.1, 0.15) is 5.82 Å². The number of likely N-dealkylation sites (N-methyl/N-ethyl adjacent to an activating group) is 1. The molecule has 0 fully saturated rings. The van der Waals surface area contributed by atoms with Gasteiger partial charge in [-0.1, -0.05) is 60.7 Å². The summed E-state index contributed by atoms with van der Waals surface area (Å²) in [4.78, 5) is 33.1. The summed E-state index contributed by atoms with van der Waals surface area (Å²) in [5.41, 5.74) is 3.81. The van der Waals surface area contributed by atoms with Gasteiger partial charge in [-0.15, -0.1) is 0 Å². The molecule has 3 aromatic carbocycles. The molecule has 2 heterocycles. The van der Waals surface area contributed by atoms with Crippen LogP contribution in [0.25, 0.3) is 22.6 Å². The standard InChI is InChI=1S/C26H21N3O2/c1-2-28-23-15-9-7-12-19(23)21(26(28)31)16-24-27-22-14-8-6-13-20(22)25(30)29(24)17-18-10-4-3-5-11-18/h3-16H,2,17H2,1H3/b21-16+. The van der Waals surface area contributed by atoms with Crippen molar-refractivity contribution in [2.24, 2.45) is 0 Å². The Balaban J connectivity index is 1.74. The summed E-state index contributed by atoms with van der Waals surface area (Å²) in [5.74, 6) is 0.404. The third-order valence-corrected chi connectivity index (χ3v) is 5.62. The summed E-state index contributed by atoms with van der Waals surface area (Å²) in [5, 5.41) is 0.564. The highest BCUT2D eigenvalue weighted by Gasteiger charge is 2.31.